The van der Waals surface area contributed by atoms with Crippen LogP contribution >= 0.6 is 23.1 Å². The Balaban J connectivity index is 1.35. The second-order valence-electron chi connectivity index (χ2n) is 7.36. The van der Waals surface area contributed by atoms with Crippen LogP contribution in [0.2, 0.25) is 0 Å². The lowest BCUT2D eigenvalue weighted by molar-refractivity contribution is -0.113. The molecule has 2 aromatic heterocycles. The molecule has 0 saturated carbocycles. The van der Waals surface area contributed by atoms with Crippen molar-refractivity contribution >= 4 is 45.5 Å². The molecule has 0 spiro atoms. The first-order valence-electron chi connectivity index (χ1n) is 10.2. The van der Waals surface area contributed by atoms with Crippen LogP contribution in [0.4, 0.5) is 16.5 Å². The summed E-state index contributed by atoms with van der Waals surface area (Å²) in [7, 11) is 1.63. The molecule has 0 bridgehead atoms. The van der Waals surface area contributed by atoms with Crippen molar-refractivity contribution in [2.45, 2.75) is 25.1 Å². The Labute approximate surface area is 200 Å². The normalized spacial score (nSPS) is 10.8. The highest BCUT2D eigenvalue weighted by molar-refractivity contribution is 8.01. The van der Waals surface area contributed by atoms with Gasteiger partial charge in [-0.3, -0.25) is 4.79 Å². The van der Waals surface area contributed by atoms with Gasteiger partial charge in [0.2, 0.25) is 11.0 Å². The number of thioether (sulfide) groups is 1. The highest BCUT2D eigenvalue weighted by Gasteiger charge is 2.16. The van der Waals surface area contributed by atoms with Gasteiger partial charge < -0.3 is 15.4 Å². The van der Waals surface area contributed by atoms with E-state index in [-0.39, 0.29) is 11.7 Å². The molecule has 0 unspecified atom stereocenters. The number of amides is 1. The highest BCUT2D eigenvalue weighted by Crippen LogP contribution is 2.29. The quantitative estimate of drug-likeness (QED) is 0.338. The number of aryl methyl sites for hydroxylation is 2. The van der Waals surface area contributed by atoms with Gasteiger partial charge in [0.25, 0.3) is 0 Å². The summed E-state index contributed by atoms with van der Waals surface area (Å²) in [5.74, 6) is 0.899. The van der Waals surface area contributed by atoms with Crippen LogP contribution < -0.4 is 15.4 Å². The average molecular weight is 481 g/mol. The topological polar surface area (TPSA) is 94.0 Å². The number of benzene rings is 2. The molecule has 10 heteroatoms. The first-order chi connectivity index (χ1) is 15.9. The number of nitrogens with zero attached hydrogens (tertiary/aromatic N) is 4. The molecule has 1 amide bonds. The van der Waals surface area contributed by atoms with E-state index in [2.05, 4.69) is 25.9 Å². The second kappa shape index (κ2) is 10.1. The minimum Gasteiger partial charge on any atom is -0.497 e. The van der Waals surface area contributed by atoms with Crippen LogP contribution in [0, 0.1) is 20.8 Å². The number of hydrogen-bond donors (Lipinski definition) is 2. The fourth-order valence-electron chi connectivity index (χ4n) is 3.18. The summed E-state index contributed by atoms with van der Waals surface area (Å²) in [6, 6.07) is 15.7. The van der Waals surface area contributed by atoms with Crippen LogP contribution in [-0.2, 0) is 4.79 Å². The number of ether oxygens (including phenoxy) is 1. The van der Waals surface area contributed by atoms with E-state index < -0.39 is 0 Å². The Hall–Kier alpha value is -3.37. The van der Waals surface area contributed by atoms with Crippen molar-refractivity contribution in [1.82, 2.24) is 20.0 Å². The smallest absolute Gasteiger partial charge is 0.234 e. The van der Waals surface area contributed by atoms with Gasteiger partial charge in [-0.2, -0.15) is 5.10 Å². The summed E-state index contributed by atoms with van der Waals surface area (Å²) in [5, 5.41) is 19.8. The standard InChI is InChI=1S/C23H24N6O2S2/c1-14-5-9-18(10-6-14)29-16(3)21(15(2)28-29)25-20(30)13-32-23-27-26-22(33-23)24-17-7-11-19(31-4)12-8-17/h5-12H,13H2,1-4H3,(H,24,26)(H,25,30). The molecule has 0 aliphatic carbocycles. The van der Waals surface area contributed by atoms with Gasteiger partial charge in [-0.1, -0.05) is 40.8 Å². The van der Waals surface area contributed by atoms with E-state index in [9.17, 15) is 4.79 Å². The fraction of sp³-hybridized carbons (Fsp3) is 0.217. The van der Waals surface area contributed by atoms with Crippen molar-refractivity contribution in [2.24, 2.45) is 0 Å². The Kier molecular flexibility index (Phi) is 6.95. The Morgan fingerprint density at radius 3 is 2.48 bits per heavy atom. The SMILES string of the molecule is COc1ccc(Nc2nnc(SCC(=O)Nc3c(C)nn(-c4ccc(C)cc4)c3C)s2)cc1. The number of nitrogens with one attached hydrogen (secondary N) is 2. The minimum atomic E-state index is -0.116. The van der Waals surface area contributed by atoms with E-state index in [0.29, 0.717) is 9.47 Å². The maximum atomic E-state index is 12.6. The van der Waals surface area contributed by atoms with Gasteiger partial charge >= 0.3 is 0 Å². The lowest BCUT2D eigenvalue weighted by atomic mass is 10.2. The third-order valence-electron chi connectivity index (χ3n) is 4.91. The number of anilines is 3. The third kappa shape index (κ3) is 5.52. The maximum absolute atomic E-state index is 12.6. The molecule has 0 fully saturated rings. The molecule has 2 aromatic carbocycles. The van der Waals surface area contributed by atoms with Crippen molar-refractivity contribution in [3.05, 3.63) is 65.5 Å². The van der Waals surface area contributed by atoms with E-state index >= 15 is 0 Å². The Morgan fingerprint density at radius 1 is 1.06 bits per heavy atom. The van der Waals surface area contributed by atoms with E-state index in [0.717, 1.165) is 34.2 Å². The van der Waals surface area contributed by atoms with Gasteiger partial charge in [-0.15, -0.1) is 10.2 Å². The molecule has 0 atom stereocenters. The zero-order valence-corrected chi connectivity index (χ0v) is 20.4. The average Bonchev–Trinajstić information content (AvgIpc) is 3.38. The molecule has 170 valence electrons. The minimum absolute atomic E-state index is 0.116. The highest BCUT2D eigenvalue weighted by atomic mass is 32.2. The summed E-state index contributed by atoms with van der Waals surface area (Å²) >= 11 is 2.74. The number of aromatic nitrogens is 4. The molecule has 4 rings (SSSR count). The van der Waals surface area contributed by atoms with Gasteiger partial charge in [-0.05, 0) is 57.2 Å². The summed E-state index contributed by atoms with van der Waals surface area (Å²) in [6.45, 7) is 5.89. The molecule has 0 aliphatic rings. The zero-order valence-electron chi connectivity index (χ0n) is 18.7. The summed E-state index contributed by atoms with van der Waals surface area (Å²) in [5.41, 5.74) is 5.43. The molecular weight excluding hydrogens is 456 g/mol. The summed E-state index contributed by atoms with van der Waals surface area (Å²) in [6.07, 6.45) is 0. The number of methoxy groups -OCH3 is 1. The Bertz CT molecular complexity index is 1250. The van der Waals surface area contributed by atoms with E-state index in [1.807, 2.05) is 74.0 Å². The van der Waals surface area contributed by atoms with E-state index in [1.54, 1.807) is 7.11 Å². The Morgan fingerprint density at radius 2 is 1.79 bits per heavy atom. The molecule has 33 heavy (non-hydrogen) atoms. The predicted octanol–water partition coefficient (Wildman–Crippen LogP) is 5.13. The van der Waals surface area contributed by atoms with Crippen molar-refractivity contribution in [1.29, 1.82) is 0 Å². The van der Waals surface area contributed by atoms with Crippen LogP contribution in [0.3, 0.4) is 0 Å². The molecule has 0 radical (unpaired) electrons. The number of rotatable bonds is 8. The molecular formula is C23H24N6O2S2. The van der Waals surface area contributed by atoms with Crippen LogP contribution in [-0.4, -0.2) is 38.7 Å². The predicted molar refractivity (Wildman–Crippen MR) is 133 cm³/mol. The van der Waals surface area contributed by atoms with Crippen molar-refractivity contribution in [3.63, 3.8) is 0 Å². The lowest BCUT2D eigenvalue weighted by Crippen LogP contribution is -2.15. The van der Waals surface area contributed by atoms with Crippen molar-refractivity contribution in [3.8, 4) is 11.4 Å². The molecule has 2 heterocycles. The van der Waals surface area contributed by atoms with Crippen LogP contribution in [0.25, 0.3) is 5.69 Å². The number of carbonyl (C=O) groups excluding carboxylic acids is 1. The van der Waals surface area contributed by atoms with E-state index in [4.69, 9.17) is 4.74 Å². The molecule has 4 aromatic rings. The first-order valence-corrected chi connectivity index (χ1v) is 12.0. The van der Waals surface area contributed by atoms with E-state index in [1.165, 1.54) is 28.7 Å². The third-order valence-corrected chi connectivity index (χ3v) is 6.88. The lowest BCUT2D eigenvalue weighted by Gasteiger charge is -2.07. The fourth-order valence-corrected chi connectivity index (χ4v) is 4.75. The molecule has 2 N–H and O–H groups in total. The van der Waals surface area contributed by atoms with Gasteiger partial charge in [0, 0.05) is 5.69 Å². The van der Waals surface area contributed by atoms with Gasteiger partial charge in [-0.25, -0.2) is 4.68 Å². The van der Waals surface area contributed by atoms with Crippen molar-refractivity contribution in [2.75, 3.05) is 23.5 Å². The zero-order chi connectivity index (χ0) is 23.4. The number of carbonyl (C=O) groups is 1. The number of hydrogen-bond acceptors (Lipinski definition) is 8. The van der Waals surface area contributed by atoms with Gasteiger partial charge in [0.15, 0.2) is 4.34 Å². The second-order valence-corrected chi connectivity index (χ2v) is 9.56. The molecule has 8 nitrogen and oxygen atoms in total. The van der Waals surface area contributed by atoms with Crippen molar-refractivity contribution < 1.29 is 9.53 Å². The van der Waals surface area contributed by atoms with Gasteiger partial charge in [0.05, 0.1) is 35.6 Å². The largest absolute Gasteiger partial charge is 0.497 e. The first kappa shape index (κ1) is 22.8. The maximum Gasteiger partial charge on any atom is 0.234 e. The monoisotopic (exact) mass is 480 g/mol. The van der Waals surface area contributed by atoms with Crippen LogP contribution in [0.1, 0.15) is 17.0 Å². The summed E-state index contributed by atoms with van der Waals surface area (Å²) < 4.78 is 7.72. The summed E-state index contributed by atoms with van der Waals surface area (Å²) in [4.78, 5) is 12.6. The van der Waals surface area contributed by atoms with Crippen LogP contribution in [0.15, 0.2) is 52.9 Å². The van der Waals surface area contributed by atoms with Gasteiger partial charge in [0.1, 0.15) is 5.75 Å². The van der Waals surface area contributed by atoms with Crippen LogP contribution in [0.5, 0.6) is 5.75 Å². The molecule has 0 aliphatic heterocycles. The molecule has 0 saturated heterocycles.